The van der Waals surface area contributed by atoms with Gasteiger partial charge in [-0.1, -0.05) is 23.7 Å². The number of sulfonamides is 1. The van der Waals surface area contributed by atoms with Crippen LogP contribution >= 0.6 is 11.6 Å². The highest BCUT2D eigenvalue weighted by Crippen LogP contribution is 2.38. The number of nitrogens with zero attached hydrogens (tertiary/aromatic N) is 3. The fourth-order valence-corrected chi connectivity index (χ4v) is 4.48. The van der Waals surface area contributed by atoms with Crippen LogP contribution in [0.4, 0.5) is 30.7 Å². The van der Waals surface area contributed by atoms with Crippen LogP contribution in [0.25, 0.3) is 5.69 Å². The number of alkyl halides is 6. The molecule has 1 N–H and O–H groups in total. The van der Waals surface area contributed by atoms with Gasteiger partial charge in [-0.25, -0.2) is 22.2 Å². The number of carbonyl (C=O) groups is 1. The summed E-state index contributed by atoms with van der Waals surface area (Å²) in [4.78, 5) is 10.8. The average molecular weight is 545 g/mol. The summed E-state index contributed by atoms with van der Waals surface area (Å²) in [6, 6.07) is 2.91. The first kappa shape index (κ1) is 26.4. The second-order valence-corrected chi connectivity index (χ2v) is 8.94. The maximum Gasteiger partial charge on any atom is 0.417 e. The molecule has 2 aromatic carbocycles. The monoisotopic (exact) mass is 544 g/mol. The molecule has 0 radical (unpaired) electrons. The van der Waals surface area contributed by atoms with Crippen LogP contribution < -0.4 is 4.72 Å². The highest BCUT2D eigenvalue weighted by atomic mass is 35.5. The number of rotatable bonds is 5. The summed E-state index contributed by atoms with van der Waals surface area (Å²) in [5, 5.41) is 7.01. The number of amides is 1. The van der Waals surface area contributed by atoms with E-state index < -0.39 is 55.8 Å². The van der Waals surface area contributed by atoms with Crippen molar-refractivity contribution in [3.63, 3.8) is 0 Å². The Labute approximate surface area is 197 Å². The lowest BCUT2D eigenvalue weighted by molar-refractivity contribution is -0.143. The molecule has 0 fully saturated rings. The summed E-state index contributed by atoms with van der Waals surface area (Å²) in [5.74, 6) is -2.25. The van der Waals surface area contributed by atoms with E-state index in [1.165, 1.54) is 17.7 Å². The van der Waals surface area contributed by atoms with Crippen molar-refractivity contribution in [2.45, 2.75) is 30.6 Å². The third-order valence-electron chi connectivity index (χ3n) is 4.58. The molecule has 0 spiro atoms. The van der Waals surface area contributed by atoms with Crippen LogP contribution in [0.2, 0.25) is 5.02 Å². The first-order valence-corrected chi connectivity index (χ1v) is 11.2. The van der Waals surface area contributed by atoms with Crippen molar-refractivity contribution in [1.82, 2.24) is 19.7 Å². The van der Waals surface area contributed by atoms with Crippen molar-refractivity contribution in [3.8, 4) is 5.69 Å². The minimum Gasteiger partial charge on any atom is -0.266 e. The van der Waals surface area contributed by atoms with E-state index in [1.54, 1.807) is 0 Å². The number of hydrogen-bond acceptors (Lipinski definition) is 5. The molecule has 188 valence electrons. The lowest BCUT2D eigenvalue weighted by Gasteiger charge is -2.16. The van der Waals surface area contributed by atoms with E-state index in [9.17, 15) is 43.9 Å². The van der Waals surface area contributed by atoms with Gasteiger partial charge in [0.1, 0.15) is 10.7 Å². The van der Waals surface area contributed by atoms with Crippen molar-refractivity contribution in [2.75, 3.05) is 0 Å². The first-order valence-electron chi connectivity index (χ1n) is 9.32. The molecule has 0 saturated carbocycles. The summed E-state index contributed by atoms with van der Waals surface area (Å²) < 4.78 is 120. The lowest BCUT2D eigenvalue weighted by atomic mass is 10.1. The van der Waals surface area contributed by atoms with Gasteiger partial charge in [0.25, 0.3) is 15.9 Å². The predicted octanol–water partition coefficient (Wildman–Crippen LogP) is 4.78. The quantitative estimate of drug-likeness (QED) is 0.467. The van der Waals surface area contributed by atoms with Crippen LogP contribution in [0.1, 0.15) is 34.2 Å². The molecule has 16 heteroatoms. The molecule has 0 atom stereocenters. The maximum atomic E-state index is 13.3. The average Bonchev–Trinajstić information content (AvgIpc) is 3.15. The number of aromatic nitrogens is 3. The molecule has 0 bridgehead atoms. The molecule has 1 heterocycles. The fraction of sp³-hybridized carbons (Fsp3) is 0.211. The van der Waals surface area contributed by atoms with Gasteiger partial charge in [-0.2, -0.15) is 26.3 Å². The summed E-state index contributed by atoms with van der Waals surface area (Å²) in [6.45, 7) is 1.49. The molecule has 0 saturated heterocycles. The van der Waals surface area contributed by atoms with Crippen LogP contribution in [0.5, 0.6) is 0 Å². The highest BCUT2D eigenvalue weighted by molar-refractivity contribution is 7.90. The molecular formula is C19H12ClF7N4O3S. The summed E-state index contributed by atoms with van der Waals surface area (Å²) >= 11 is 5.96. The van der Waals surface area contributed by atoms with Gasteiger partial charge in [0.15, 0.2) is 5.69 Å². The van der Waals surface area contributed by atoms with Gasteiger partial charge in [-0.15, -0.1) is 5.10 Å². The van der Waals surface area contributed by atoms with E-state index in [4.69, 9.17) is 11.6 Å². The van der Waals surface area contributed by atoms with Crippen molar-refractivity contribution >= 4 is 27.5 Å². The van der Waals surface area contributed by atoms with Crippen LogP contribution in [0.15, 0.2) is 41.3 Å². The Balaban J connectivity index is 2.06. The maximum absolute atomic E-state index is 13.3. The second-order valence-electron chi connectivity index (χ2n) is 6.89. The molecule has 1 aromatic heterocycles. The van der Waals surface area contributed by atoms with Gasteiger partial charge in [-0.05, 0) is 42.8 Å². The molecule has 1 amide bonds. The molecular weight excluding hydrogens is 533 g/mol. The summed E-state index contributed by atoms with van der Waals surface area (Å²) in [7, 11) is -5.47. The van der Waals surface area contributed by atoms with E-state index in [0.717, 1.165) is 16.8 Å². The first-order chi connectivity index (χ1) is 16.1. The van der Waals surface area contributed by atoms with E-state index >= 15 is 0 Å². The Bertz CT molecular complexity index is 1400. The lowest BCUT2D eigenvalue weighted by Crippen LogP contribution is -2.33. The Morgan fingerprint density at radius 2 is 1.71 bits per heavy atom. The van der Waals surface area contributed by atoms with Crippen molar-refractivity contribution in [2.24, 2.45) is 0 Å². The van der Waals surface area contributed by atoms with Crippen molar-refractivity contribution in [3.05, 3.63) is 69.8 Å². The largest absolute Gasteiger partial charge is 0.417 e. The van der Waals surface area contributed by atoms with E-state index in [-0.39, 0.29) is 41.0 Å². The third-order valence-corrected chi connectivity index (χ3v) is 6.26. The predicted molar refractivity (Wildman–Crippen MR) is 107 cm³/mol. The van der Waals surface area contributed by atoms with Gasteiger partial charge < -0.3 is 0 Å². The topological polar surface area (TPSA) is 93.9 Å². The molecule has 35 heavy (non-hydrogen) atoms. The van der Waals surface area contributed by atoms with E-state index in [1.807, 2.05) is 0 Å². The van der Waals surface area contributed by atoms with Crippen molar-refractivity contribution in [1.29, 1.82) is 0 Å². The van der Waals surface area contributed by atoms with Crippen LogP contribution in [-0.4, -0.2) is 29.3 Å². The van der Waals surface area contributed by atoms with E-state index in [0.29, 0.717) is 0 Å². The molecule has 0 aliphatic heterocycles. The van der Waals surface area contributed by atoms with Crippen LogP contribution in [0, 0.1) is 5.82 Å². The van der Waals surface area contributed by atoms with Gasteiger partial charge >= 0.3 is 12.4 Å². The standard InChI is InChI=1S/C19H12ClF7N4O3S/c1-2-13-16(28-30-31(13)14-6-4-10(21)8-12(14)20)17(32)29-35(33,34)15-7-9(18(22,23)24)3-5-11(15)19(25,26)27/h3-8H,2H2,1H3,(H,29,32). The molecule has 3 aromatic rings. The normalized spacial score (nSPS) is 12.6. The van der Waals surface area contributed by atoms with Crippen LogP contribution in [0.3, 0.4) is 0 Å². The fourth-order valence-electron chi connectivity index (χ4n) is 3.02. The molecule has 3 rings (SSSR count). The van der Waals surface area contributed by atoms with Gasteiger partial charge in [0, 0.05) is 0 Å². The van der Waals surface area contributed by atoms with Crippen LogP contribution in [-0.2, 0) is 28.8 Å². The number of nitrogens with one attached hydrogen (secondary N) is 1. The Morgan fingerprint density at radius 1 is 1.06 bits per heavy atom. The molecule has 0 aliphatic carbocycles. The Hall–Kier alpha value is -3.20. The summed E-state index contributed by atoms with van der Waals surface area (Å²) in [5.41, 5.74) is -4.26. The van der Waals surface area contributed by atoms with Crippen molar-refractivity contribution < 1.29 is 43.9 Å². The van der Waals surface area contributed by atoms with Gasteiger partial charge in [0.05, 0.1) is 27.5 Å². The number of halogens is 8. The molecule has 0 aliphatic rings. The molecule has 7 nitrogen and oxygen atoms in total. The SMILES string of the molecule is CCc1c(C(=O)NS(=O)(=O)c2cc(C(F)(F)F)ccc2C(F)(F)F)nnn1-c1ccc(F)cc1Cl. The van der Waals surface area contributed by atoms with Gasteiger partial charge in [0.2, 0.25) is 0 Å². The Kier molecular flexibility index (Phi) is 6.87. The van der Waals surface area contributed by atoms with Gasteiger partial charge in [-0.3, -0.25) is 4.79 Å². The highest BCUT2D eigenvalue weighted by Gasteiger charge is 2.41. The minimum absolute atomic E-state index is 0.0269. The molecule has 0 unspecified atom stereocenters. The smallest absolute Gasteiger partial charge is 0.266 e. The number of hydrogen-bond donors (Lipinski definition) is 1. The van der Waals surface area contributed by atoms with E-state index in [2.05, 4.69) is 10.3 Å². The zero-order chi connectivity index (χ0) is 26.3. The third kappa shape index (κ3) is 5.40. The number of carbonyl (C=O) groups excluding carboxylic acids is 1. The second kappa shape index (κ2) is 9.11. The Morgan fingerprint density at radius 3 is 2.26 bits per heavy atom. The zero-order valence-corrected chi connectivity index (χ0v) is 18.7. The summed E-state index contributed by atoms with van der Waals surface area (Å²) in [6.07, 6.45) is -10.5. The number of benzene rings is 2. The zero-order valence-electron chi connectivity index (χ0n) is 17.2. The minimum atomic E-state index is -5.47.